The van der Waals surface area contributed by atoms with Crippen LogP contribution in [-0.2, 0) is 16.1 Å². The van der Waals surface area contributed by atoms with Gasteiger partial charge in [-0.3, -0.25) is 0 Å². The molecule has 0 spiro atoms. The first kappa shape index (κ1) is 13.7. The lowest BCUT2D eigenvalue weighted by atomic mass is 10.2. The van der Waals surface area contributed by atoms with Crippen molar-refractivity contribution in [3.05, 3.63) is 61.2 Å². The van der Waals surface area contributed by atoms with E-state index in [1.54, 1.807) is 0 Å². The molecule has 0 N–H and O–H groups in total. The van der Waals surface area contributed by atoms with Crippen LogP contribution in [0.15, 0.2) is 55.6 Å². The van der Waals surface area contributed by atoms with E-state index >= 15 is 0 Å². The maximum atomic E-state index is 5.58. The van der Waals surface area contributed by atoms with E-state index in [0.717, 1.165) is 18.4 Å². The van der Waals surface area contributed by atoms with E-state index in [-0.39, 0.29) is 6.10 Å². The van der Waals surface area contributed by atoms with Crippen molar-refractivity contribution in [2.75, 3.05) is 6.79 Å². The van der Waals surface area contributed by atoms with Gasteiger partial charge in [-0.15, -0.1) is 13.2 Å². The molecule has 0 fully saturated rings. The van der Waals surface area contributed by atoms with Crippen molar-refractivity contribution in [3.8, 4) is 0 Å². The lowest BCUT2D eigenvalue weighted by Crippen LogP contribution is -2.13. The Kier molecular flexibility index (Phi) is 7.03. The highest BCUT2D eigenvalue weighted by Gasteiger charge is 2.04. The second kappa shape index (κ2) is 8.74. The highest BCUT2D eigenvalue weighted by molar-refractivity contribution is 5.13. The van der Waals surface area contributed by atoms with Gasteiger partial charge in [0.2, 0.25) is 0 Å². The van der Waals surface area contributed by atoms with Crippen LogP contribution in [0.25, 0.3) is 0 Å². The predicted octanol–water partition coefficient (Wildman–Crippen LogP) is 3.70. The van der Waals surface area contributed by atoms with Crippen LogP contribution in [0, 0.1) is 0 Å². The van der Waals surface area contributed by atoms with Gasteiger partial charge in [0.1, 0.15) is 6.79 Å². The molecule has 0 saturated heterocycles. The van der Waals surface area contributed by atoms with Crippen LogP contribution in [0.2, 0.25) is 0 Å². The van der Waals surface area contributed by atoms with Gasteiger partial charge >= 0.3 is 0 Å². The van der Waals surface area contributed by atoms with Crippen molar-refractivity contribution in [1.29, 1.82) is 0 Å². The molecule has 0 saturated carbocycles. The van der Waals surface area contributed by atoms with Gasteiger partial charge in [0.15, 0.2) is 0 Å². The molecular formula is C15H20O2. The van der Waals surface area contributed by atoms with Gasteiger partial charge in [0.25, 0.3) is 0 Å². The average molecular weight is 232 g/mol. The summed E-state index contributed by atoms with van der Waals surface area (Å²) in [4.78, 5) is 0. The lowest BCUT2D eigenvalue weighted by Gasteiger charge is -2.14. The minimum absolute atomic E-state index is 0.126. The number of hydrogen-bond acceptors (Lipinski definition) is 2. The third-order valence-electron chi connectivity index (χ3n) is 2.36. The Labute approximate surface area is 104 Å². The first-order valence-corrected chi connectivity index (χ1v) is 5.82. The van der Waals surface area contributed by atoms with E-state index in [0.29, 0.717) is 13.4 Å². The summed E-state index contributed by atoms with van der Waals surface area (Å²) in [6.45, 7) is 8.29. The fourth-order valence-corrected chi connectivity index (χ4v) is 1.48. The van der Waals surface area contributed by atoms with Crippen molar-refractivity contribution in [2.45, 2.75) is 25.6 Å². The second-order valence-corrected chi connectivity index (χ2v) is 3.79. The zero-order valence-corrected chi connectivity index (χ0v) is 10.2. The summed E-state index contributed by atoms with van der Waals surface area (Å²) in [7, 11) is 0. The first-order chi connectivity index (χ1) is 8.36. The zero-order chi connectivity index (χ0) is 12.3. The molecule has 0 aromatic heterocycles. The average Bonchev–Trinajstić information content (AvgIpc) is 2.36. The SMILES string of the molecule is C=CCC(CC=C)OCOCc1ccccc1. The minimum Gasteiger partial charge on any atom is -0.352 e. The molecule has 0 bridgehead atoms. The smallest absolute Gasteiger partial charge is 0.147 e. The Hall–Kier alpha value is -1.38. The van der Waals surface area contributed by atoms with Crippen LogP contribution >= 0.6 is 0 Å². The fourth-order valence-electron chi connectivity index (χ4n) is 1.48. The van der Waals surface area contributed by atoms with Crippen molar-refractivity contribution < 1.29 is 9.47 Å². The Balaban J connectivity index is 2.17. The van der Waals surface area contributed by atoms with E-state index in [1.165, 1.54) is 0 Å². The molecule has 0 aliphatic rings. The highest BCUT2D eigenvalue weighted by atomic mass is 16.7. The van der Waals surface area contributed by atoms with Gasteiger partial charge < -0.3 is 9.47 Å². The molecule has 1 aromatic rings. The molecule has 0 amide bonds. The van der Waals surface area contributed by atoms with E-state index in [2.05, 4.69) is 13.2 Å². The van der Waals surface area contributed by atoms with E-state index in [1.807, 2.05) is 42.5 Å². The summed E-state index contributed by atoms with van der Waals surface area (Å²) in [5, 5.41) is 0. The van der Waals surface area contributed by atoms with Gasteiger partial charge in [-0.05, 0) is 18.4 Å². The van der Waals surface area contributed by atoms with Gasteiger partial charge in [0.05, 0.1) is 12.7 Å². The molecule has 0 heterocycles. The summed E-state index contributed by atoms with van der Waals surface area (Å²) in [5.74, 6) is 0. The summed E-state index contributed by atoms with van der Waals surface area (Å²) < 4.78 is 11.0. The molecule has 2 nitrogen and oxygen atoms in total. The molecule has 17 heavy (non-hydrogen) atoms. The van der Waals surface area contributed by atoms with Gasteiger partial charge in [0, 0.05) is 0 Å². The predicted molar refractivity (Wildman–Crippen MR) is 70.6 cm³/mol. The summed E-state index contributed by atoms with van der Waals surface area (Å²) >= 11 is 0. The second-order valence-electron chi connectivity index (χ2n) is 3.79. The highest BCUT2D eigenvalue weighted by Crippen LogP contribution is 2.06. The van der Waals surface area contributed by atoms with E-state index < -0.39 is 0 Å². The summed E-state index contributed by atoms with van der Waals surface area (Å²) in [6.07, 6.45) is 5.47. The molecule has 0 radical (unpaired) electrons. The number of hydrogen-bond donors (Lipinski definition) is 0. The molecule has 0 aliphatic heterocycles. The Bertz CT molecular complexity index is 309. The molecule has 1 rings (SSSR count). The van der Waals surface area contributed by atoms with Crippen LogP contribution in [-0.4, -0.2) is 12.9 Å². The third kappa shape index (κ3) is 6.05. The first-order valence-electron chi connectivity index (χ1n) is 5.82. The summed E-state index contributed by atoms with van der Waals surface area (Å²) in [5.41, 5.74) is 1.15. The Morgan fingerprint density at radius 3 is 2.29 bits per heavy atom. The van der Waals surface area contributed by atoms with Crippen LogP contribution in [0.5, 0.6) is 0 Å². The number of rotatable bonds is 9. The van der Waals surface area contributed by atoms with E-state index in [4.69, 9.17) is 9.47 Å². The van der Waals surface area contributed by atoms with Crippen LogP contribution in [0.3, 0.4) is 0 Å². The lowest BCUT2D eigenvalue weighted by molar-refractivity contribution is -0.0936. The van der Waals surface area contributed by atoms with Crippen molar-refractivity contribution in [2.24, 2.45) is 0 Å². The normalized spacial score (nSPS) is 10.4. The maximum Gasteiger partial charge on any atom is 0.147 e. The number of benzene rings is 1. The molecule has 1 aromatic carbocycles. The maximum absolute atomic E-state index is 5.58. The molecular weight excluding hydrogens is 212 g/mol. The monoisotopic (exact) mass is 232 g/mol. The number of ether oxygens (including phenoxy) is 2. The van der Waals surface area contributed by atoms with Crippen molar-refractivity contribution in [1.82, 2.24) is 0 Å². The third-order valence-corrected chi connectivity index (χ3v) is 2.36. The molecule has 2 heteroatoms. The molecule has 92 valence electrons. The minimum atomic E-state index is 0.126. The van der Waals surface area contributed by atoms with Crippen molar-refractivity contribution in [3.63, 3.8) is 0 Å². The largest absolute Gasteiger partial charge is 0.352 e. The molecule has 0 aliphatic carbocycles. The van der Waals surface area contributed by atoms with Crippen LogP contribution in [0.4, 0.5) is 0 Å². The topological polar surface area (TPSA) is 18.5 Å². The zero-order valence-electron chi connectivity index (χ0n) is 10.2. The summed E-state index contributed by atoms with van der Waals surface area (Å²) in [6, 6.07) is 10.1. The molecule has 0 atom stereocenters. The van der Waals surface area contributed by atoms with Crippen molar-refractivity contribution >= 4 is 0 Å². The quantitative estimate of drug-likeness (QED) is 0.367. The Morgan fingerprint density at radius 2 is 1.71 bits per heavy atom. The molecule has 0 unspecified atom stereocenters. The van der Waals surface area contributed by atoms with Gasteiger partial charge in [-0.25, -0.2) is 0 Å². The van der Waals surface area contributed by atoms with E-state index in [9.17, 15) is 0 Å². The van der Waals surface area contributed by atoms with Gasteiger partial charge in [-0.2, -0.15) is 0 Å². The fraction of sp³-hybridized carbons (Fsp3) is 0.333. The van der Waals surface area contributed by atoms with Crippen LogP contribution < -0.4 is 0 Å². The van der Waals surface area contributed by atoms with Gasteiger partial charge in [-0.1, -0.05) is 42.5 Å². The standard InChI is InChI=1S/C15H20O2/c1-3-8-15(9-4-2)17-13-16-12-14-10-6-5-7-11-14/h3-7,10-11,15H,1-2,8-9,12-13H2. The van der Waals surface area contributed by atoms with Crippen LogP contribution in [0.1, 0.15) is 18.4 Å². The Morgan fingerprint density at radius 1 is 1.06 bits per heavy atom.